The van der Waals surface area contributed by atoms with Crippen molar-refractivity contribution in [2.24, 2.45) is 0 Å². The lowest BCUT2D eigenvalue weighted by molar-refractivity contribution is 0.520. The Balaban J connectivity index is 2.57. The van der Waals surface area contributed by atoms with Gasteiger partial charge in [-0.1, -0.05) is 12.1 Å². The molecule has 2 rings (SSSR count). The van der Waals surface area contributed by atoms with Crippen LogP contribution in [0, 0.1) is 19.7 Å². The lowest BCUT2D eigenvalue weighted by Gasteiger charge is -2.17. The van der Waals surface area contributed by atoms with E-state index in [1.165, 1.54) is 38.4 Å². The molecule has 0 aliphatic rings. The van der Waals surface area contributed by atoms with Gasteiger partial charge >= 0.3 is 0 Å². The van der Waals surface area contributed by atoms with Gasteiger partial charge in [0.05, 0.1) is 10.6 Å². The minimum absolute atomic E-state index is 0.0492. The molecule has 1 N–H and O–H groups in total. The largest absolute Gasteiger partial charge is 0.279 e. The van der Waals surface area contributed by atoms with Gasteiger partial charge in [0.2, 0.25) is 10.0 Å². The Labute approximate surface area is 147 Å². The maximum absolute atomic E-state index is 13.8. The van der Waals surface area contributed by atoms with Crippen LogP contribution in [0.3, 0.4) is 0 Å². The molecule has 0 aliphatic carbocycles. The van der Waals surface area contributed by atoms with Crippen molar-refractivity contribution in [3.05, 3.63) is 53.3 Å². The van der Waals surface area contributed by atoms with Crippen molar-refractivity contribution in [3.8, 4) is 0 Å². The first-order chi connectivity index (χ1) is 11.5. The average Bonchev–Trinajstić information content (AvgIpc) is 2.51. The fourth-order valence-electron chi connectivity index (χ4n) is 2.15. The highest BCUT2D eigenvalue weighted by atomic mass is 32.2. The van der Waals surface area contributed by atoms with Gasteiger partial charge in [0.15, 0.2) is 0 Å². The molecule has 0 saturated heterocycles. The van der Waals surface area contributed by atoms with Gasteiger partial charge < -0.3 is 0 Å². The monoisotopic (exact) mass is 386 g/mol. The molecule has 0 aromatic heterocycles. The zero-order chi connectivity index (χ0) is 19.0. The SMILES string of the molecule is Cc1cc(S(=O)(=O)N(C)C)cc(NS(=O)(=O)c2ccccc2F)c1C. The second kappa shape index (κ2) is 6.74. The molecule has 0 fully saturated rings. The van der Waals surface area contributed by atoms with E-state index in [2.05, 4.69) is 4.72 Å². The number of benzene rings is 2. The molecule has 0 atom stereocenters. The molecule has 136 valence electrons. The fraction of sp³-hybridized carbons (Fsp3) is 0.250. The predicted molar refractivity (Wildman–Crippen MR) is 94.0 cm³/mol. The smallest absolute Gasteiger partial charge is 0.264 e. The van der Waals surface area contributed by atoms with Crippen molar-refractivity contribution in [3.63, 3.8) is 0 Å². The lowest BCUT2D eigenvalue weighted by Crippen LogP contribution is -2.23. The van der Waals surface area contributed by atoms with Crippen LogP contribution in [0.4, 0.5) is 10.1 Å². The van der Waals surface area contributed by atoms with Crippen molar-refractivity contribution in [2.45, 2.75) is 23.6 Å². The molecule has 25 heavy (non-hydrogen) atoms. The van der Waals surface area contributed by atoms with E-state index in [4.69, 9.17) is 0 Å². The minimum atomic E-state index is -4.20. The summed E-state index contributed by atoms with van der Waals surface area (Å²) in [4.78, 5) is -0.556. The lowest BCUT2D eigenvalue weighted by atomic mass is 10.1. The average molecular weight is 386 g/mol. The number of anilines is 1. The third-order valence-corrected chi connectivity index (χ3v) is 6.98. The van der Waals surface area contributed by atoms with Crippen LogP contribution in [0.15, 0.2) is 46.2 Å². The number of hydrogen-bond acceptors (Lipinski definition) is 4. The summed E-state index contributed by atoms with van der Waals surface area (Å²) in [5.74, 6) is -0.888. The van der Waals surface area contributed by atoms with Gasteiger partial charge in [-0.2, -0.15) is 0 Å². The third-order valence-electron chi connectivity index (χ3n) is 3.79. The first-order valence-electron chi connectivity index (χ1n) is 7.28. The summed E-state index contributed by atoms with van der Waals surface area (Å²) in [6.07, 6.45) is 0. The molecule has 2 aromatic rings. The summed E-state index contributed by atoms with van der Waals surface area (Å²) in [7, 11) is -5.18. The molecule has 0 unspecified atom stereocenters. The first kappa shape index (κ1) is 19.4. The molecule has 0 spiro atoms. The zero-order valence-corrected chi connectivity index (χ0v) is 15.9. The van der Waals surface area contributed by atoms with Gasteiger partial charge in [0.1, 0.15) is 10.7 Å². The summed E-state index contributed by atoms with van der Waals surface area (Å²) in [6.45, 7) is 3.32. The van der Waals surface area contributed by atoms with Gasteiger partial charge in [0, 0.05) is 14.1 Å². The van der Waals surface area contributed by atoms with Crippen molar-refractivity contribution in [1.82, 2.24) is 4.31 Å². The standard InChI is InChI=1S/C16H19FN2O4S2/c1-11-9-13(25(22,23)19(3)4)10-15(12(11)2)18-24(20,21)16-8-6-5-7-14(16)17/h5-10,18H,1-4H3. The summed E-state index contributed by atoms with van der Waals surface area (Å²) in [5, 5.41) is 0. The number of aryl methyl sites for hydroxylation is 1. The number of nitrogens with zero attached hydrogens (tertiary/aromatic N) is 1. The third kappa shape index (κ3) is 3.83. The zero-order valence-electron chi connectivity index (χ0n) is 14.2. The summed E-state index contributed by atoms with van der Waals surface area (Å²) >= 11 is 0. The van der Waals surface area contributed by atoms with E-state index in [0.717, 1.165) is 16.4 Å². The van der Waals surface area contributed by atoms with Crippen LogP contribution in [0.2, 0.25) is 0 Å². The van der Waals surface area contributed by atoms with E-state index in [9.17, 15) is 21.2 Å². The summed E-state index contributed by atoms with van der Waals surface area (Å²) in [6, 6.07) is 7.66. The number of sulfonamides is 2. The number of rotatable bonds is 5. The van der Waals surface area contributed by atoms with Crippen LogP contribution in [-0.4, -0.2) is 35.2 Å². The summed E-state index contributed by atoms with van der Waals surface area (Å²) < 4.78 is 66.7. The Hall–Kier alpha value is -1.97. The van der Waals surface area contributed by atoms with Gasteiger partial charge in [-0.25, -0.2) is 25.5 Å². The van der Waals surface area contributed by atoms with Gasteiger partial charge in [-0.3, -0.25) is 4.72 Å². The van der Waals surface area contributed by atoms with E-state index in [1.807, 2.05) is 0 Å². The molecular weight excluding hydrogens is 367 g/mol. The molecule has 0 amide bonds. The van der Waals surface area contributed by atoms with E-state index in [0.29, 0.717) is 11.1 Å². The second-order valence-corrected chi connectivity index (χ2v) is 9.54. The molecule has 6 nitrogen and oxygen atoms in total. The highest BCUT2D eigenvalue weighted by molar-refractivity contribution is 7.92. The minimum Gasteiger partial charge on any atom is -0.279 e. The van der Waals surface area contributed by atoms with E-state index < -0.39 is 30.8 Å². The molecule has 0 saturated carbocycles. The van der Waals surface area contributed by atoms with Gasteiger partial charge in [-0.05, 0) is 49.2 Å². The number of halogens is 1. The first-order valence-corrected chi connectivity index (χ1v) is 10.2. The van der Waals surface area contributed by atoms with Crippen molar-refractivity contribution in [1.29, 1.82) is 0 Å². The van der Waals surface area contributed by atoms with E-state index in [-0.39, 0.29) is 10.6 Å². The Kier molecular flexibility index (Phi) is 5.22. The van der Waals surface area contributed by atoms with Gasteiger partial charge in [-0.15, -0.1) is 0 Å². The highest BCUT2D eigenvalue weighted by Gasteiger charge is 2.23. The van der Waals surface area contributed by atoms with Crippen molar-refractivity contribution in [2.75, 3.05) is 18.8 Å². The van der Waals surface area contributed by atoms with Crippen LogP contribution in [-0.2, 0) is 20.0 Å². The molecule has 0 bridgehead atoms. The highest BCUT2D eigenvalue weighted by Crippen LogP contribution is 2.28. The Bertz CT molecular complexity index is 1020. The van der Waals surface area contributed by atoms with Crippen LogP contribution >= 0.6 is 0 Å². The van der Waals surface area contributed by atoms with Crippen LogP contribution in [0.1, 0.15) is 11.1 Å². The quantitative estimate of drug-likeness (QED) is 0.856. The predicted octanol–water partition coefficient (Wildman–Crippen LogP) is 2.49. The number of hydrogen-bond donors (Lipinski definition) is 1. The molecule has 9 heteroatoms. The maximum Gasteiger partial charge on any atom is 0.264 e. The molecule has 0 aliphatic heterocycles. The molecule has 0 heterocycles. The number of nitrogens with one attached hydrogen (secondary N) is 1. The normalized spacial score (nSPS) is 12.4. The van der Waals surface area contributed by atoms with E-state index in [1.54, 1.807) is 13.8 Å². The maximum atomic E-state index is 13.8. The summed E-state index contributed by atoms with van der Waals surface area (Å²) in [5.41, 5.74) is 1.23. The fourth-order valence-corrected chi connectivity index (χ4v) is 4.36. The Morgan fingerprint density at radius 2 is 1.60 bits per heavy atom. The topological polar surface area (TPSA) is 83.6 Å². The Morgan fingerprint density at radius 3 is 2.16 bits per heavy atom. The molecule has 2 aromatic carbocycles. The van der Waals surface area contributed by atoms with E-state index >= 15 is 0 Å². The van der Waals surface area contributed by atoms with Crippen LogP contribution in [0.5, 0.6) is 0 Å². The van der Waals surface area contributed by atoms with Crippen LogP contribution in [0.25, 0.3) is 0 Å². The van der Waals surface area contributed by atoms with Crippen LogP contribution < -0.4 is 4.72 Å². The van der Waals surface area contributed by atoms with Gasteiger partial charge in [0.25, 0.3) is 10.0 Å². The van der Waals surface area contributed by atoms with Crippen molar-refractivity contribution < 1.29 is 21.2 Å². The van der Waals surface area contributed by atoms with Crippen molar-refractivity contribution >= 4 is 25.7 Å². The Morgan fingerprint density at radius 1 is 1.00 bits per heavy atom. The molecular formula is C16H19FN2O4S2. The second-order valence-electron chi connectivity index (χ2n) is 5.74. The molecule has 0 radical (unpaired) electrons.